The largest absolute Gasteiger partial charge is 0.331 e. The van der Waals surface area contributed by atoms with Crippen molar-refractivity contribution in [2.45, 2.75) is 26.8 Å². The van der Waals surface area contributed by atoms with Gasteiger partial charge >= 0.3 is 0 Å². The molecule has 0 aliphatic carbocycles. The van der Waals surface area contributed by atoms with Crippen LogP contribution in [0.5, 0.6) is 0 Å². The fourth-order valence-corrected chi connectivity index (χ4v) is 1.56. The second kappa shape index (κ2) is 6.14. The van der Waals surface area contributed by atoms with E-state index in [1.165, 1.54) is 24.0 Å². The van der Waals surface area contributed by atoms with Gasteiger partial charge in [0.1, 0.15) is 12.4 Å². The monoisotopic (exact) mass is 252 g/mol. The van der Waals surface area contributed by atoms with E-state index < -0.39 is 11.7 Å². The molecule has 1 rings (SSSR count). The molecule has 0 fully saturated rings. The third-order valence-electron chi connectivity index (χ3n) is 2.49. The number of halogens is 1. The number of hydrogen-bond donors (Lipinski definition) is 1. The van der Waals surface area contributed by atoms with Crippen LogP contribution in [0.3, 0.4) is 0 Å². The molecule has 0 atom stereocenters. The summed E-state index contributed by atoms with van der Waals surface area (Å²) in [6.07, 6.45) is 0. The Bertz CT molecular complexity index is 446. The van der Waals surface area contributed by atoms with E-state index >= 15 is 0 Å². The summed E-state index contributed by atoms with van der Waals surface area (Å²) in [6.45, 7) is 4.95. The Balaban J connectivity index is 2.67. The highest BCUT2D eigenvalue weighted by molar-refractivity contribution is 5.94. The summed E-state index contributed by atoms with van der Waals surface area (Å²) in [5, 5.41) is 2.44. The lowest BCUT2D eigenvalue weighted by Crippen LogP contribution is -2.41. The molecule has 18 heavy (non-hydrogen) atoms. The fourth-order valence-electron chi connectivity index (χ4n) is 1.56. The molecule has 0 heterocycles. The van der Waals surface area contributed by atoms with Gasteiger partial charge in [0.05, 0.1) is 5.69 Å². The van der Waals surface area contributed by atoms with Crippen molar-refractivity contribution in [1.29, 1.82) is 0 Å². The maximum Gasteiger partial charge on any atom is 0.244 e. The van der Waals surface area contributed by atoms with Crippen molar-refractivity contribution >= 4 is 17.5 Å². The summed E-state index contributed by atoms with van der Waals surface area (Å²) in [7, 11) is 0. The van der Waals surface area contributed by atoms with Gasteiger partial charge < -0.3 is 10.2 Å². The molecule has 1 aromatic carbocycles. The molecule has 4 nitrogen and oxygen atoms in total. The van der Waals surface area contributed by atoms with Gasteiger partial charge in [-0.15, -0.1) is 0 Å². The van der Waals surface area contributed by atoms with Gasteiger partial charge in [-0.3, -0.25) is 9.59 Å². The second-order valence-electron chi connectivity index (χ2n) is 4.27. The van der Waals surface area contributed by atoms with Crippen molar-refractivity contribution in [2.75, 3.05) is 11.9 Å². The van der Waals surface area contributed by atoms with Gasteiger partial charge in [0, 0.05) is 13.0 Å². The fraction of sp³-hybridized carbons (Fsp3) is 0.385. The first-order valence-electron chi connectivity index (χ1n) is 5.73. The highest BCUT2D eigenvalue weighted by Gasteiger charge is 2.17. The van der Waals surface area contributed by atoms with Gasteiger partial charge in [-0.1, -0.05) is 12.1 Å². The van der Waals surface area contributed by atoms with Gasteiger partial charge in [-0.25, -0.2) is 4.39 Å². The Kier molecular flexibility index (Phi) is 4.83. The standard InChI is InChI=1S/C13H17FN2O2/c1-9(2)16(10(3)17)8-13(18)15-12-7-5-4-6-11(12)14/h4-7,9H,8H2,1-3H3,(H,15,18). The highest BCUT2D eigenvalue weighted by Crippen LogP contribution is 2.12. The minimum atomic E-state index is -0.496. The quantitative estimate of drug-likeness (QED) is 0.891. The molecule has 2 amide bonds. The van der Waals surface area contributed by atoms with Crippen molar-refractivity contribution in [3.8, 4) is 0 Å². The smallest absolute Gasteiger partial charge is 0.244 e. The number of carbonyl (C=O) groups is 2. The zero-order valence-corrected chi connectivity index (χ0v) is 10.7. The summed E-state index contributed by atoms with van der Waals surface area (Å²) in [4.78, 5) is 24.4. The third-order valence-corrected chi connectivity index (χ3v) is 2.49. The number of nitrogens with zero attached hydrogens (tertiary/aromatic N) is 1. The molecule has 0 aliphatic rings. The van der Waals surface area contributed by atoms with Gasteiger partial charge in [0.15, 0.2) is 0 Å². The molecule has 0 spiro atoms. The van der Waals surface area contributed by atoms with E-state index in [-0.39, 0.29) is 24.2 Å². The highest BCUT2D eigenvalue weighted by atomic mass is 19.1. The Morgan fingerprint density at radius 1 is 1.33 bits per heavy atom. The zero-order valence-electron chi connectivity index (χ0n) is 10.7. The Morgan fingerprint density at radius 3 is 2.44 bits per heavy atom. The first-order valence-corrected chi connectivity index (χ1v) is 5.73. The summed E-state index contributed by atoms with van der Waals surface area (Å²) in [5.74, 6) is -1.09. The van der Waals surface area contributed by atoms with Crippen LogP contribution in [-0.2, 0) is 9.59 Å². The average Bonchev–Trinajstić information content (AvgIpc) is 2.28. The Labute approximate surface area is 106 Å². The van der Waals surface area contributed by atoms with Gasteiger partial charge in [0.2, 0.25) is 11.8 Å². The van der Waals surface area contributed by atoms with Crippen molar-refractivity contribution in [3.63, 3.8) is 0 Å². The molecular formula is C13H17FN2O2. The molecule has 98 valence electrons. The number of nitrogens with one attached hydrogen (secondary N) is 1. The van der Waals surface area contributed by atoms with Crippen molar-refractivity contribution in [2.24, 2.45) is 0 Å². The van der Waals surface area contributed by atoms with E-state index in [9.17, 15) is 14.0 Å². The predicted molar refractivity (Wildman–Crippen MR) is 67.6 cm³/mol. The van der Waals surface area contributed by atoms with Crippen molar-refractivity contribution in [1.82, 2.24) is 4.90 Å². The van der Waals surface area contributed by atoms with Crippen LogP contribution in [-0.4, -0.2) is 29.3 Å². The topological polar surface area (TPSA) is 49.4 Å². The maximum atomic E-state index is 13.3. The van der Waals surface area contributed by atoms with Gasteiger partial charge in [-0.05, 0) is 26.0 Å². The molecule has 0 aromatic heterocycles. The molecule has 0 radical (unpaired) electrons. The van der Waals surface area contributed by atoms with Crippen LogP contribution in [0.4, 0.5) is 10.1 Å². The molecule has 5 heteroatoms. The Morgan fingerprint density at radius 2 is 1.94 bits per heavy atom. The molecule has 0 saturated heterocycles. The maximum absolute atomic E-state index is 13.3. The summed E-state index contributed by atoms with van der Waals surface area (Å²) < 4.78 is 13.3. The summed E-state index contributed by atoms with van der Waals surface area (Å²) in [6, 6.07) is 5.83. The lowest BCUT2D eigenvalue weighted by Gasteiger charge is -2.24. The summed E-state index contributed by atoms with van der Waals surface area (Å²) in [5.41, 5.74) is 0.120. The van der Waals surface area contributed by atoms with Crippen molar-refractivity contribution in [3.05, 3.63) is 30.1 Å². The van der Waals surface area contributed by atoms with Crippen LogP contribution in [0.2, 0.25) is 0 Å². The van der Waals surface area contributed by atoms with Crippen LogP contribution in [0.25, 0.3) is 0 Å². The predicted octanol–water partition coefficient (Wildman–Crippen LogP) is 2.02. The van der Waals surface area contributed by atoms with Crippen LogP contribution in [0.1, 0.15) is 20.8 Å². The SMILES string of the molecule is CC(=O)N(CC(=O)Nc1ccccc1F)C(C)C. The van der Waals surface area contributed by atoms with Gasteiger partial charge in [-0.2, -0.15) is 0 Å². The van der Waals surface area contributed by atoms with E-state index in [0.29, 0.717) is 0 Å². The van der Waals surface area contributed by atoms with E-state index in [0.717, 1.165) is 0 Å². The lowest BCUT2D eigenvalue weighted by molar-refractivity contribution is -0.134. The van der Waals surface area contributed by atoms with Crippen LogP contribution < -0.4 is 5.32 Å². The van der Waals surface area contributed by atoms with Crippen molar-refractivity contribution < 1.29 is 14.0 Å². The second-order valence-corrected chi connectivity index (χ2v) is 4.27. The molecule has 1 aromatic rings. The average molecular weight is 252 g/mol. The van der Waals surface area contributed by atoms with E-state index in [1.807, 2.05) is 13.8 Å². The minimum absolute atomic E-state index is 0.0751. The number of benzene rings is 1. The summed E-state index contributed by atoms with van der Waals surface area (Å²) >= 11 is 0. The van der Waals surface area contributed by atoms with E-state index in [1.54, 1.807) is 12.1 Å². The third kappa shape index (κ3) is 3.84. The van der Waals surface area contributed by atoms with Crippen LogP contribution in [0.15, 0.2) is 24.3 Å². The van der Waals surface area contributed by atoms with Crippen LogP contribution in [0, 0.1) is 5.82 Å². The number of para-hydroxylation sites is 1. The number of amides is 2. The molecule has 1 N–H and O–H groups in total. The molecule has 0 aliphatic heterocycles. The molecule has 0 saturated carbocycles. The number of rotatable bonds is 4. The zero-order chi connectivity index (χ0) is 13.7. The lowest BCUT2D eigenvalue weighted by atomic mass is 10.3. The number of anilines is 1. The van der Waals surface area contributed by atoms with E-state index in [2.05, 4.69) is 5.32 Å². The Hall–Kier alpha value is -1.91. The number of carbonyl (C=O) groups excluding carboxylic acids is 2. The number of hydrogen-bond acceptors (Lipinski definition) is 2. The molecule has 0 unspecified atom stereocenters. The molecular weight excluding hydrogens is 235 g/mol. The molecule has 0 bridgehead atoms. The van der Waals surface area contributed by atoms with Gasteiger partial charge in [0.25, 0.3) is 0 Å². The normalized spacial score (nSPS) is 10.3. The first kappa shape index (κ1) is 14.2. The first-order chi connectivity index (χ1) is 8.41. The van der Waals surface area contributed by atoms with E-state index in [4.69, 9.17) is 0 Å². The minimum Gasteiger partial charge on any atom is -0.331 e. The van der Waals surface area contributed by atoms with Crippen LogP contribution >= 0.6 is 0 Å².